The molecule has 1 heterocycles. The van der Waals surface area contributed by atoms with Gasteiger partial charge >= 0.3 is 0 Å². The van der Waals surface area contributed by atoms with Gasteiger partial charge in [0.05, 0.1) is 14.2 Å². The molecule has 0 N–H and O–H groups in total. The SMILES string of the molecule is COc1cc2c(cc1OC)[Si](C(CC(C)(C)C)([Si](C)(C)C)[Si](C)(C)C)=[Si]2C(CC(C)(C)C)([Si](C)(C)C)[Si](C)(C)C. The van der Waals surface area contributed by atoms with Gasteiger partial charge in [-0.25, -0.2) is 0 Å². The highest BCUT2D eigenvalue weighted by Gasteiger charge is 2.65. The Morgan fingerprint density at radius 1 is 0.500 bits per heavy atom. The number of hydrogen-bond donors (Lipinski definition) is 0. The lowest BCUT2D eigenvalue weighted by atomic mass is 9.93. The van der Waals surface area contributed by atoms with E-state index < -0.39 is 48.1 Å². The number of hydrogen-bond acceptors (Lipinski definition) is 2. The van der Waals surface area contributed by atoms with Gasteiger partial charge in [0.1, 0.15) is 0 Å². The molecule has 40 heavy (non-hydrogen) atoms. The fourth-order valence-corrected chi connectivity index (χ4v) is 73.6. The summed E-state index contributed by atoms with van der Waals surface area (Å²) in [6.45, 7) is 48.2. The maximum absolute atomic E-state index is 6.02. The van der Waals surface area contributed by atoms with Gasteiger partial charge in [-0.05, 0) is 54.7 Å². The summed E-state index contributed by atoms with van der Waals surface area (Å²) >= 11 is 0. The Labute approximate surface area is 257 Å². The second kappa shape index (κ2) is 10.9. The van der Waals surface area contributed by atoms with Crippen LogP contribution >= 0.6 is 0 Å². The largest absolute Gasteiger partial charge is 0.493 e. The molecule has 1 aromatic rings. The number of benzene rings is 1. The number of rotatable bonds is 10. The van der Waals surface area contributed by atoms with Crippen LogP contribution in [0.3, 0.4) is 0 Å². The molecule has 0 bridgehead atoms. The Hall–Kier alpha value is 0.121. The van der Waals surface area contributed by atoms with E-state index in [1.165, 1.54) is 12.8 Å². The maximum Gasteiger partial charge on any atom is 0.160 e. The summed E-state index contributed by atoms with van der Waals surface area (Å²) in [5, 5.41) is 3.47. The third-order valence-corrected chi connectivity index (χ3v) is 55.2. The Morgan fingerprint density at radius 3 is 0.875 bits per heavy atom. The van der Waals surface area contributed by atoms with Crippen LogP contribution in [0, 0.1) is 10.8 Å². The van der Waals surface area contributed by atoms with Crippen LogP contribution in [-0.4, -0.2) is 62.3 Å². The second-order valence-corrected chi connectivity index (χ2v) is 51.0. The molecule has 1 aliphatic rings. The zero-order valence-electron chi connectivity index (χ0n) is 30.4. The van der Waals surface area contributed by atoms with Crippen molar-refractivity contribution in [2.75, 3.05) is 14.2 Å². The molecule has 0 radical (unpaired) electrons. The van der Waals surface area contributed by atoms with Gasteiger partial charge in [-0.2, -0.15) is 0 Å². The first-order chi connectivity index (χ1) is 17.5. The molecule has 8 heteroatoms. The first kappa shape index (κ1) is 36.3. The van der Waals surface area contributed by atoms with Crippen LogP contribution in [0.1, 0.15) is 54.4 Å². The highest BCUT2D eigenvalue weighted by atomic mass is 28.9. The summed E-state index contributed by atoms with van der Waals surface area (Å²) in [4.78, 5) is 0. The van der Waals surface area contributed by atoms with Gasteiger partial charge in [-0.15, -0.1) is 0 Å². The molecule has 1 aromatic carbocycles. The summed E-state index contributed by atoms with van der Waals surface area (Å²) in [7, 11) is -4.66. The molecule has 2 nitrogen and oxygen atoms in total. The third kappa shape index (κ3) is 6.19. The van der Waals surface area contributed by atoms with Gasteiger partial charge in [0.15, 0.2) is 11.5 Å². The molecule has 0 aliphatic carbocycles. The monoisotopic (exact) mass is 650 g/mol. The van der Waals surface area contributed by atoms with E-state index in [4.69, 9.17) is 9.47 Å². The molecular formula is C32H66O2Si6. The van der Waals surface area contributed by atoms with E-state index in [1.807, 2.05) is 14.2 Å². The van der Waals surface area contributed by atoms with E-state index in [-0.39, 0.29) is 0 Å². The van der Waals surface area contributed by atoms with Crippen LogP contribution in [0.2, 0.25) is 87.1 Å². The summed E-state index contributed by atoms with van der Waals surface area (Å²) in [6, 6.07) is 4.98. The van der Waals surface area contributed by atoms with Crippen LogP contribution in [-0.2, 0) is 0 Å². The van der Waals surface area contributed by atoms with Gasteiger partial charge in [0.25, 0.3) is 0 Å². The van der Waals surface area contributed by atoms with Crippen LogP contribution < -0.4 is 19.8 Å². The van der Waals surface area contributed by atoms with E-state index >= 15 is 0 Å². The zero-order valence-corrected chi connectivity index (χ0v) is 36.4. The molecule has 2 rings (SSSR count). The van der Waals surface area contributed by atoms with Crippen molar-refractivity contribution < 1.29 is 9.47 Å². The predicted octanol–water partition coefficient (Wildman–Crippen LogP) is 9.06. The lowest BCUT2D eigenvalue weighted by Crippen LogP contribution is -2.79. The predicted molar refractivity (Wildman–Crippen MR) is 197 cm³/mol. The van der Waals surface area contributed by atoms with Crippen molar-refractivity contribution in [2.45, 2.75) is 142 Å². The number of methoxy groups -OCH3 is 2. The molecule has 0 saturated heterocycles. The minimum Gasteiger partial charge on any atom is -0.493 e. The highest BCUT2D eigenvalue weighted by Crippen LogP contribution is 2.60. The number of ether oxygens (including phenoxy) is 2. The standard InChI is InChI=1S/C32H66O2Si6/c1-29(2,3)23-31(37(9,10)11,38(12,13)14)35-27-21-25(33-7)26(34-8)22-28(27)36(35)32(39(15,16)17,40(18,19)20)24-30(4,5)6/h21-22H,23-24H2,1-20H3. The maximum atomic E-state index is 6.02. The Bertz CT molecular complexity index is 1010. The molecule has 0 atom stereocenters. The summed E-state index contributed by atoms with van der Waals surface area (Å²) in [5.74, 6) is 1.89. The smallest absolute Gasteiger partial charge is 0.160 e. The quantitative estimate of drug-likeness (QED) is 0.235. The van der Waals surface area contributed by atoms with E-state index in [1.54, 1.807) is 10.4 Å². The van der Waals surface area contributed by atoms with Crippen LogP contribution in [0.25, 0.3) is 0 Å². The average molecular weight is 651 g/mol. The zero-order chi connectivity index (χ0) is 31.7. The molecule has 230 valence electrons. The van der Waals surface area contributed by atoms with Gasteiger partial charge < -0.3 is 9.47 Å². The second-order valence-electron chi connectivity index (χ2n) is 19.3. The molecule has 0 spiro atoms. The van der Waals surface area contributed by atoms with Crippen LogP contribution in [0.15, 0.2) is 12.1 Å². The average Bonchev–Trinajstić information content (AvgIpc) is 2.67. The Balaban J connectivity index is 3.42. The molecular weight excluding hydrogens is 585 g/mol. The van der Waals surface area contributed by atoms with Crippen molar-refractivity contribution >= 4 is 58.4 Å². The Kier molecular flexibility index (Phi) is 9.92. The Morgan fingerprint density at radius 2 is 0.725 bits per heavy atom. The van der Waals surface area contributed by atoms with E-state index in [0.717, 1.165) is 11.5 Å². The van der Waals surface area contributed by atoms with Crippen molar-refractivity contribution in [1.82, 2.24) is 0 Å². The van der Waals surface area contributed by atoms with Crippen molar-refractivity contribution in [2.24, 2.45) is 10.8 Å². The molecule has 0 fully saturated rings. The first-order valence-corrected chi connectivity index (χ1v) is 33.5. The van der Waals surface area contributed by atoms with Gasteiger partial charge in [0, 0.05) is 48.1 Å². The summed E-state index contributed by atoms with van der Waals surface area (Å²) < 4.78 is 13.0. The van der Waals surface area contributed by atoms with Gasteiger partial charge in [0.2, 0.25) is 0 Å². The topological polar surface area (TPSA) is 18.5 Å². The van der Waals surface area contributed by atoms with Crippen LogP contribution in [0.4, 0.5) is 0 Å². The van der Waals surface area contributed by atoms with Gasteiger partial charge in [-0.3, -0.25) is 0 Å². The van der Waals surface area contributed by atoms with Crippen molar-refractivity contribution in [3.05, 3.63) is 12.1 Å². The third-order valence-electron chi connectivity index (χ3n) is 9.88. The van der Waals surface area contributed by atoms with E-state index in [9.17, 15) is 0 Å². The minimum atomic E-state index is -1.64. The molecule has 0 aromatic heterocycles. The first-order valence-electron chi connectivity index (χ1n) is 15.5. The molecule has 0 unspecified atom stereocenters. The highest BCUT2D eigenvalue weighted by molar-refractivity contribution is 7.35. The number of fused-ring (bicyclic) bond motifs is 1. The molecule has 0 amide bonds. The van der Waals surface area contributed by atoms with Crippen LogP contribution in [0.5, 0.6) is 11.5 Å². The lowest BCUT2D eigenvalue weighted by molar-refractivity contribution is 0.355. The van der Waals surface area contributed by atoms with Gasteiger partial charge in [-0.1, -0.05) is 120 Å². The van der Waals surface area contributed by atoms with Crippen molar-refractivity contribution in [3.8, 4) is 11.5 Å². The fourth-order valence-electron chi connectivity index (χ4n) is 8.96. The van der Waals surface area contributed by atoms with Crippen molar-refractivity contribution in [3.63, 3.8) is 0 Å². The lowest BCUT2D eigenvalue weighted by Gasteiger charge is -2.64. The fraction of sp³-hybridized carbons (Fsp3) is 0.812. The minimum absolute atomic E-state index is 0.308. The molecule has 1 aliphatic heterocycles. The molecule has 0 saturated carbocycles. The van der Waals surface area contributed by atoms with E-state index in [2.05, 4.69) is 132 Å². The van der Waals surface area contributed by atoms with Crippen molar-refractivity contribution in [1.29, 1.82) is 0 Å². The van der Waals surface area contributed by atoms with E-state index in [0.29, 0.717) is 19.4 Å². The normalized spacial score (nSPS) is 16.1. The summed E-state index contributed by atoms with van der Waals surface area (Å²) in [6.07, 6.45) is 2.76. The summed E-state index contributed by atoms with van der Waals surface area (Å²) in [5.41, 5.74) is 0.616.